The third-order valence-corrected chi connectivity index (χ3v) is 5.15. The number of carbonyl (C=O) groups is 1. The van der Waals surface area contributed by atoms with Crippen molar-refractivity contribution in [3.63, 3.8) is 0 Å². The Balaban J connectivity index is 1.71. The summed E-state index contributed by atoms with van der Waals surface area (Å²) in [6.07, 6.45) is 6.40. The number of aliphatic carboxylic acids is 1. The van der Waals surface area contributed by atoms with E-state index in [0.717, 1.165) is 33.3 Å². The first-order valence-electron chi connectivity index (χ1n) is 8.63. The number of aromatic nitrogens is 3. The molecular formula is C19H22N4O3S. The first kappa shape index (κ1) is 19.1. The minimum absolute atomic E-state index is 0.0346. The summed E-state index contributed by atoms with van der Waals surface area (Å²) in [6, 6.07) is 7.60. The third kappa shape index (κ3) is 5.15. The van der Waals surface area contributed by atoms with Crippen LogP contribution in [0.25, 0.3) is 5.69 Å². The summed E-state index contributed by atoms with van der Waals surface area (Å²) < 4.78 is 6.94. The van der Waals surface area contributed by atoms with E-state index >= 15 is 0 Å². The Morgan fingerprint density at radius 3 is 2.67 bits per heavy atom. The summed E-state index contributed by atoms with van der Waals surface area (Å²) in [7, 11) is 1.63. The SMILES string of the molecule is CCc1ncc(CN(CC(=O)O)Cc2cnn(-c3ccc(OC)cc3)c2)s1. The van der Waals surface area contributed by atoms with E-state index in [1.807, 2.05) is 41.6 Å². The van der Waals surface area contributed by atoms with Gasteiger partial charge >= 0.3 is 5.97 Å². The molecule has 1 aromatic carbocycles. The van der Waals surface area contributed by atoms with Crippen molar-refractivity contribution >= 4 is 17.3 Å². The van der Waals surface area contributed by atoms with Gasteiger partial charge in [-0.15, -0.1) is 11.3 Å². The van der Waals surface area contributed by atoms with Crippen LogP contribution in [-0.2, 0) is 24.3 Å². The van der Waals surface area contributed by atoms with Crippen LogP contribution in [0.1, 0.15) is 22.4 Å². The van der Waals surface area contributed by atoms with E-state index in [9.17, 15) is 9.90 Å². The van der Waals surface area contributed by atoms with Gasteiger partial charge in [-0.1, -0.05) is 6.92 Å². The molecule has 0 atom stereocenters. The lowest BCUT2D eigenvalue weighted by Gasteiger charge is -2.18. The molecule has 142 valence electrons. The van der Waals surface area contributed by atoms with Crippen LogP contribution < -0.4 is 4.74 Å². The lowest BCUT2D eigenvalue weighted by molar-refractivity contribution is -0.138. The smallest absolute Gasteiger partial charge is 0.317 e. The largest absolute Gasteiger partial charge is 0.497 e. The number of ether oxygens (including phenoxy) is 1. The van der Waals surface area contributed by atoms with E-state index in [1.54, 1.807) is 29.3 Å². The molecule has 0 aliphatic heterocycles. The summed E-state index contributed by atoms with van der Waals surface area (Å²) in [6.45, 7) is 3.08. The van der Waals surface area contributed by atoms with Crippen molar-refractivity contribution in [3.8, 4) is 11.4 Å². The van der Waals surface area contributed by atoms with Crippen LogP contribution in [0.5, 0.6) is 5.75 Å². The van der Waals surface area contributed by atoms with E-state index in [2.05, 4.69) is 17.0 Å². The molecule has 2 aromatic heterocycles. The van der Waals surface area contributed by atoms with E-state index in [-0.39, 0.29) is 6.54 Å². The van der Waals surface area contributed by atoms with Crippen LogP contribution in [0.3, 0.4) is 0 Å². The van der Waals surface area contributed by atoms with Crippen molar-refractivity contribution in [3.05, 3.63) is 58.3 Å². The van der Waals surface area contributed by atoms with Gasteiger partial charge in [0.15, 0.2) is 0 Å². The Morgan fingerprint density at radius 1 is 1.26 bits per heavy atom. The molecule has 1 N–H and O–H groups in total. The average molecular weight is 386 g/mol. The number of benzene rings is 1. The number of carboxylic acid groups (broad SMARTS) is 1. The number of hydrogen-bond acceptors (Lipinski definition) is 6. The van der Waals surface area contributed by atoms with Gasteiger partial charge in [-0.2, -0.15) is 5.10 Å². The Hall–Kier alpha value is -2.71. The molecule has 0 bridgehead atoms. The van der Waals surface area contributed by atoms with Gasteiger partial charge in [0, 0.05) is 35.9 Å². The Bertz CT molecular complexity index is 889. The predicted octanol–water partition coefficient (Wildman–Crippen LogP) is 2.99. The number of nitrogens with zero attached hydrogens (tertiary/aromatic N) is 4. The quantitative estimate of drug-likeness (QED) is 0.609. The van der Waals surface area contributed by atoms with Crippen LogP contribution in [0, 0.1) is 0 Å². The molecule has 0 aliphatic rings. The van der Waals surface area contributed by atoms with Crippen molar-refractivity contribution < 1.29 is 14.6 Å². The topological polar surface area (TPSA) is 80.5 Å². The number of aryl methyl sites for hydroxylation is 1. The highest BCUT2D eigenvalue weighted by atomic mass is 32.1. The Morgan fingerprint density at radius 2 is 2.04 bits per heavy atom. The fraction of sp³-hybridized carbons (Fsp3) is 0.316. The highest BCUT2D eigenvalue weighted by molar-refractivity contribution is 7.11. The highest BCUT2D eigenvalue weighted by Crippen LogP contribution is 2.18. The third-order valence-electron chi connectivity index (χ3n) is 4.02. The van der Waals surface area contributed by atoms with E-state index in [0.29, 0.717) is 13.1 Å². The van der Waals surface area contributed by atoms with Crippen LogP contribution in [-0.4, -0.2) is 44.4 Å². The van der Waals surface area contributed by atoms with Crippen LogP contribution in [0.15, 0.2) is 42.9 Å². The fourth-order valence-electron chi connectivity index (χ4n) is 2.74. The minimum atomic E-state index is -0.849. The lowest BCUT2D eigenvalue weighted by Crippen LogP contribution is -2.28. The minimum Gasteiger partial charge on any atom is -0.497 e. The molecule has 2 heterocycles. The second kappa shape index (κ2) is 8.79. The van der Waals surface area contributed by atoms with Gasteiger partial charge in [-0.25, -0.2) is 9.67 Å². The molecule has 27 heavy (non-hydrogen) atoms. The number of rotatable bonds is 9. The second-order valence-corrected chi connectivity index (χ2v) is 7.30. The Labute approximate surface area is 161 Å². The summed E-state index contributed by atoms with van der Waals surface area (Å²) in [5.41, 5.74) is 1.87. The number of carboxylic acids is 1. The Kier molecular flexibility index (Phi) is 6.20. The summed E-state index contributed by atoms with van der Waals surface area (Å²) in [5.74, 6) is -0.0625. The van der Waals surface area contributed by atoms with E-state index < -0.39 is 5.97 Å². The molecular weight excluding hydrogens is 364 g/mol. The molecule has 0 saturated carbocycles. The average Bonchev–Trinajstić information content (AvgIpc) is 3.30. The molecule has 0 aliphatic carbocycles. The van der Waals surface area contributed by atoms with Crippen molar-refractivity contribution in [2.75, 3.05) is 13.7 Å². The molecule has 3 aromatic rings. The molecule has 0 spiro atoms. The zero-order chi connectivity index (χ0) is 19.2. The lowest BCUT2D eigenvalue weighted by atomic mass is 10.3. The molecule has 0 fully saturated rings. The number of methoxy groups -OCH3 is 1. The van der Waals surface area contributed by atoms with E-state index in [1.165, 1.54) is 0 Å². The van der Waals surface area contributed by atoms with Gasteiger partial charge in [-0.05, 0) is 30.7 Å². The highest BCUT2D eigenvalue weighted by Gasteiger charge is 2.14. The van der Waals surface area contributed by atoms with Crippen molar-refractivity contribution in [1.82, 2.24) is 19.7 Å². The molecule has 0 amide bonds. The van der Waals surface area contributed by atoms with E-state index in [4.69, 9.17) is 4.74 Å². The monoisotopic (exact) mass is 386 g/mol. The summed E-state index contributed by atoms with van der Waals surface area (Å²) in [4.78, 5) is 18.5. The van der Waals surface area contributed by atoms with Crippen molar-refractivity contribution in [2.24, 2.45) is 0 Å². The maximum atomic E-state index is 11.3. The number of thiazole rings is 1. The molecule has 8 heteroatoms. The maximum absolute atomic E-state index is 11.3. The molecule has 0 unspecified atom stereocenters. The van der Waals surface area contributed by atoms with Crippen molar-refractivity contribution in [2.45, 2.75) is 26.4 Å². The zero-order valence-corrected chi connectivity index (χ0v) is 16.1. The zero-order valence-electron chi connectivity index (χ0n) is 15.3. The summed E-state index contributed by atoms with van der Waals surface area (Å²) >= 11 is 1.63. The molecule has 0 saturated heterocycles. The number of hydrogen-bond donors (Lipinski definition) is 1. The predicted molar refractivity (Wildman–Crippen MR) is 103 cm³/mol. The normalized spacial score (nSPS) is 11.1. The first-order valence-corrected chi connectivity index (χ1v) is 9.44. The molecule has 0 radical (unpaired) electrons. The van der Waals surface area contributed by atoms with Gasteiger partial charge in [0.2, 0.25) is 0 Å². The van der Waals surface area contributed by atoms with Crippen LogP contribution in [0.2, 0.25) is 0 Å². The van der Waals surface area contributed by atoms with Crippen LogP contribution in [0.4, 0.5) is 0 Å². The maximum Gasteiger partial charge on any atom is 0.317 e. The first-order chi connectivity index (χ1) is 13.1. The fourth-order valence-corrected chi connectivity index (χ4v) is 3.64. The van der Waals surface area contributed by atoms with Crippen molar-refractivity contribution in [1.29, 1.82) is 0 Å². The second-order valence-electron chi connectivity index (χ2n) is 6.10. The molecule has 7 nitrogen and oxygen atoms in total. The standard InChI is InChI=1S/C19H22N4O3S/c1-3-18-20-9-17(27-18)12-22(13-19(24)25)10-14-8-21-23(11-14)15-4-6-16(26-2)7-5-15/h4-9,11H,3,10,12-13H2,1-2H3,(H,24,25). The van der Waals surface area contributed by atoms with Gasteiger partial charge in [-0.3, -0.25) is 9.69 Å². The van der Waals surface area contributed by atoms with Gasteiger partial charge in [0.1, 0.15) is 5.75 Å². The summed E-state index contributed by atoms with van der Waals surface area (Å²) in [5, 5.41) is 14.7. The van der Waals surface area contributed by atoms with Gasteiger partial charge in [0.25, 0.3) is 0 Å². The van der Waals surface area contributed by atoms with Crippen LogP contribution >= 0.6 is 11.3 Å². The van der Waals surface area contributed by atoms with Gasteiger partial charge in [0.05, 0.1) is 30.5 Å². The molecule has 3 rings (SSSR count). The van der Waals surface area contributed by atoms with Gasteiger partial charge < -0.3 is 9.84 Å².